The molecule has 0 spiro atoms. The van der Waals surface area contributed by atoms with E-state index in [2.05, 4.69) is 4.98 Å². The summed E-state index contributed by atoms with van der Waals surface area (Å²) in [6.45, 7) is 2.59. The van der Waals surface area contributed by atoms with E-state index in [0.29, 0.717) is 50.6 Å². The molecule has 1 aromatic heterocycles. The molecule has 1 saturated heterocycles. The molecule has 2 heterocycles. The van der Waals surface area contributed by atoms with Gasteiger partial charge in [-0.15, -0.1) is 0 Å². The van der Waals surface area contributed by atoms with E-state index in [-0.39, 0.29) is 5.91 Å². The number of benzene rings is 2. The maximum absolute atomic E-state index is 13.0. The third-order valence-corrected chi connectivity index (χ3v) is 5.53. The molecule has 5 nitrogen and oxygen atoms in total. The highest BCUT2D eigenvalue weighted by Gasteiger charge is 2.31. The molecular weight excluding hydrogens is 431 g/mol. The van der Waals surface area contributed by atoms with Crippen LogP contribution in [-0.2, 0) is 12.8 Å². The van der Waals surface area contributed by atoms with Crippen molar-refractivity contribution in [2.45, 2.75) is 19.2 Å². The van der Waals surface area contributed by atoms with Crippen LogP contribution >= 0.6 is 0 Å². The van der Waals surface area contributed by atoms with Gasteiger partial charge in [-0.2, -0.15) is 13.2 Å². The van der Waals surface area contributed by atoms with Crippen LogP contribution in [0.2, 0.25) is 0 Å². The Labute approximate surface area is 190 Å². The number of alkyl halides is 3. The monoisotopic (exact) mass is 455 g/mol. The van der Waals surface area contributed by atoms with Gasteiger partial charge in [0.25, 0.3) is 5.91 Å². The average molecular weight is 455 g/mol. The van der Waals surface area contributed by atoms with Gasteiger partial charge in [0.1, 0.15) is 18.2 Å². The van der Waals surface area contributed by atoms with E-state index in [0.717, 1.165) is 23.6 Å². The normalized spacial score (nSPS) is 14.6. The fraction of sp³-hybridized carbons (Fsp3) is 0.280. The second kappa shape index (κ2) is 9.94. The summed E-state index contributed by atoms with van der Waals surface area (Å²) in [4.78, 5) is 20.6. The average Bonchev–Trinajstić information content (AvgIpc) is 3.09. The van der Waals surface area contributed by atoms with Crippen LogP contribution in [0.1, 0.15) is 27.9 Å². The highest BCUT2D eigenvalue weighted by Crippen LogP contribution is 2.29. The summed E-state index contributed by atoms with van der Waals surface area (Å²) in [6, 6.07) is 19.3. The number of aromatic nitrogens is 1. The number of nitrogens with zero attached hydrogens (tertiary/aromatic N) is 3. The lowest BCUT2D eigenvalue weighted by atomic mass is 10.1. The summed E-state index contributed by atoms with van der Waals surface area (Å²) in [5.74, 6) is 1.21. The predicted octanol–water partition coefficient (Wildman–Crippen LogP) is 5.03. The number of amides is 1. The Bertz CT molecular complexity index is 1060. The molecule has 0 radical (unpaired) electrons. The summed E-state index contributed by atoms with van der Waals surface area (Å²) in [6.07, 6.45) is -2.85. The molecule has 172 valence electrons. The molecule has 1 aliphatic rings. The Morgan fingerprint density at radius 3 is 2.33 bits per heavy atom. The Balaban J connectivity index is 1.33. The summed E-state index contributed by atoms with van der Waals surface area (Å²) in [5.41, 5.74) is 0.792. The van der Waals surface area contributed by atoms with Crippen molar-refractivity contribution in [1.82, 2.24) is 9.88 Å². The highest BCUT2D eigenvalue weighted by molar-refractivity contribution is 5.94. The number of carbonyl (C=O) groups excluding carboxylic acids is 1. The van der Waals surface area contributed by atoms with Crippen molar-refractivity contribution in [2.75, 3.05) is 31.1 Å². The first-order chi connectivity index (χ1) is 15.9. The van der Waals surface area contributed by atoms with Crippen molar-refractivity contribution in [3.63, 3.8) is 0 Å². The molecule has 3 aromatic rings. The van der Waals surface area contributed by atoms with E-state index in [9.17, 15) is 18.0 Å². The molecule has 8 heteroatoms. The van der Waals surface area contributed by atoms with Gasteiger partial charge < -0.3 is 14.5 Å². The fourth-order valence-electron chi connectivity index (χ4n) is 3.70. The molecule has 1 fully saturated rings. The van der Waals surface area contributed by atoms with E-state index >= 15 is 0 Å². The number of pyridine rings is 1. The Hall–Kier alpha value is -3.55. The van der Waals surface area contributed by atoms with Crippen molar-refractivity contribution in [2.24, 2.45) is 0 Å². The van der Waals surface area contributed by atoms with E-state index in [1.54, 1.807) is 17.0 Å². The first-order valence-corrected chi connectivity index (χ1v) is 10.7. The zero-order chi connectivity index (χ0) is 23.3. The number of halogens is 3. The van der Waals surface area contributed by atoms with Crippen LogP contribution in [0.4, 0.5) is 19.0 Å². The van der Waals surface area contributed by atoms with Crippen molar-refractivity contribution in [3.8, 4) is 5.75 Å². The van der Waals surface area contributed by atoms with Gasteiger partial charge in [0.05, 0.1) is 5.56 Å². The molecule has 0 atom stereocenters. The standard InChI is InChI=1S/C25H24F3N3O2/c26-25(27,28)21-11-12-23(29-17-21)30-13-4-14-31(16-15-30)24(32)20-9-7-19(8-10-20)18-33-22-5-2-1-3-6-22/h1-3,5-12,17H,4,13-16,18H2. The summed E-state index contributed by atoms with van der Waals surface area (Å²) >= 11 is 0. The molecule has 0 N–H and O–H groups in total. The summed E-state index contributed by atoms with van der Waals surface area (Å²) < 4.78 is 44.0. The second-order valence-corrected chi connectivity index (χ2v) is 7.83. The van der Waals surface area contributed by atoms with Gasteiger partial charge in [-0.1, -0.05) is 30.3 Å². The SMILES string of the molecule is O=C(c1ccc(COc2ccccc2)cc1)N1CCCN(c2ccc(C(F)(F)F)cn2)CC1. The van der Waals surface area contributed by atoms with Gasteiger partial charge in [0, 0.05) is 37.9 Å². The van der Waals surface area contributed by atoms with Crippen LogP contribution in [0.15, 0.2) is 72.9 Å². The number of carbonyl (C=O) groups is 1. The number of hydrogen-bond acceptors (Lipinski definition) is 4. The molecule has 2 aromatic carbocycles. The van der Waals surface area contributed by atoms with Gasteiger partial charge >= 0.3 is 6.18 Å². The largest absolute Gasteiger partial charge is 0.489 e. The maximum atomic E-state index is 13.0. The first-order valence-electron chi connectivity index (χ1n) is 10.7. The van der Waals surface area contributed by atoms with Crippen molar-refractivity contribution in [1.29, 1.82) is 0 Å². The smallest absolute Gasteiger partial charge is 0.417 e. The topological polar surface area (TPSA) is 45.7 Å². The third kappa shape index (κ3) is 5.83. The van der Waals surface area contributed by atoms with Crippen molar-refractivity contribution in [3.05, 3.63) is 89.6 Å². The molecule has 4 rings (SSSR count). The highest BCUT2D eigenvalue weighted by atomic mass is 19.4. The lowest BCUT2D eigenvalue weighted by Gasteiger charge is -2.23. The number of anilines is 1. The van der Waals surface area contributed by atoms with E-state index < -0.39 is 11.7 Å². The van der Waals surface area contributed by atoms with Crippen LogP contribution in [0, 0.1) is 0 Å². The van der Waals surface area contributed by atoms with Gasteiger partial charge in [-0.3, -0.25) is 4.79 Å². The Kier molecular flexibility index (Phi) is 6.82. The van der Waals surface area contributed by atoms with Gasteiger partial charge in [-0.25, -0.2) is 4.98 Å². The van der Waals surface area contributed by atoms with E-state index in [4.69, 9.17) is 4.74 Å². The lowest BCUT2D eigenvalue weighted by Crippen LogP contribution is -2.35. The molecule has 0 unspecified atom stereocenters. The molecule has 0 bridgehead atoms. The Morgan fingerprint density at radius 2 is 1.67 bits per heavy atom. The van der Waals surface area contributed by atoms with Crippen LogP contribution in [0.5, 0.6) is 5.75 Å². The number of para-hydroxylation sites is 1. The molecule has 1 amide bonds. The van der Waals surface area contributed by atoms with Gasteiger partial charge in [-0.05, 0) is 48.4 Å². The second-order valence-electron chi connectivity index (χ2n) is 7.83. The lowest BCUT2D eigenvalue weighted by molar-refractivity contribution is -0.137. The predicted molar refractivity (Wildman–Crippen MR) is 119 cm³/mol. The minimum absolute atomic E-state index is 0.0623. The van der Waals surface area contributed by atoms with Gasteiger partial charge in [0.2, 0.25) is 0 Å². The number of rotatable bonds is 5. The molecular formula is C25H24F3N3O2. The van der Waals surface area contributed by atoms with Crippen LogP contribution in [-0.4, -0.2) is 42.0 Å². The van der Waals surface area contributed by atoms with Gasteiger partial charge in [0.15, 0.2) is 0 Å². The minimum Gasteiger partial charge on any atom is -0.489 e. The van der Waals surface area contributed by atoms with Crippen molar-refractivity contribution >= 4 is 11.7 Å². The molecule has 1 aliphatic heterocycles. The third-order valence-electron chi connectivity index (χ3n) is 5.53. The van der Waals surface area contributed by atoms with Crippen LogP contribution in [0.3, 0.4) is 0 Å². The number of ether oxygens (including phenoxy) is 1. The zero-order valence-corrected chi connectivity index (χ0v) is 18.0. The minimum atomic E-state index is -4.41. The molecule has 33 heavy (non-hydrogen) atoms. The van der Waals surface area contributed by atoms with E-state index in [1.807, 2.05) is 47.4 Å². The van der Waals surface area contributed by atoms with Crippen LogP contribution < -0.4 is 9.64 Å². The van der Waals surface area contributed by atoms with Crippen LogP contribution in [0.25, 0.3) is 0 Å². The van der Waals surface area contributed by atoms with Crippen molar-refractivity contribution < 1.29 is 22.7 Å². The Morgan fingerprint density at radius 1 is 0.909 bits per heavy atom. The fourth-order valence-corrected chi connectivity index (χ4v) is 3.70. The molecule has 0 aliphatic carbocycles. The molecule has 0 saturated carbocycles. The summed E-state index contributed by atoms with van der Waals surface area (Å²) in [5, 5.41) is 0. The summed E-state index contributed by atoms with van der Waals surface area (Å²) in [7, 11) is 0. The van der Waals surface area contributed by atoms with E-state index in [1.165, 1.54) is 6.07 Å². The number of hydrogen-bond donors (Lipinski definition) is 0. The maximum Gasteiger partial charge on any atom is 0.417 e. The zero-order valence-electron chi connectivity index (χ0n) is 18.0. The first kappa shape index (κ1) is 22.6. The quantitative estimate of drug-likeness (QED) is 0.541.